The Bertz CT molecular complexity index is 1210. The van der Waals surface area contributed by atoms with Crippen LogP contribution in [0.5, 0.6) is 23.0 Å². The number of thiophene rings is 1. The number of amides is 1. The fraction of sp³-hybridized carbons (Fsp3) is 0.370. The topological polar surface area (TPSA) is 78.1 Å². The highest BCUT2D eigenvalue weighted by Crippen LogP contribution is 2.43. The summed E-state index contributed by atoms with van der Waals surface area (Å²) in [6, 6.07) is 11.2. The zero-order valence-corrected chi connectivity index (χ0v) is 21.6. The van der Waals surface area contributed by atoms with Gasteiger partial charge in [-0.2, -0.15) is 0 Å². The van der Waals surface area contributed by atoms with E-state index in [-0.39, 0.29) is 5.91 Å². The van der Waals surface area contributed by atoms with Gasteiger partial charge in [-0.1, -0.05) is 19.1 Å². The maximum absolute atomic E-state index is 13.6. The molecule has 0 aliphatic heterocycles. The fourth-order valence-electron chi connectivity index (χ4n) is 4.53. The van der Waals surface area contributed by atoms with Crippen LogP contribution in [0.3, 0.4) is 0 Å². The molecule has 1 atom stereocenters. The molecule has 0 spiro atoms. The van der Waals surface area contributed by atoms with Crippen molar-refractivity contribution in [1.29, 1.82) is 0 Å². The number of benzene rings is 2. The van der Waals surface area contributed by atoms with Crippen molar-refractivity contribution in [2.45, 2.75) is 32.7 Å². The lowest BCUT2D eigenvalue weighted by Gasteiger charge is -2.19. The lowest BCUT2D eigenvalue weighted by molar-refractivity contribution is 0.102. The van der Waals surface area contributed by atoms with E-state index in [1.807, 2.05) is 36.4 Å². The summed E-state index contributed by atoms with van der Waals surface area (Å²) in [5, 5.41) is 7.43. The van der Waals surface area contributed by atoms with Crippen molar-refractivity contribution in [3.05, 3.63) is 58.0 Å². The van der Waals surface area contributed by atoms with Crippen LogP contribution in [-0.4, -0.2) is 34.3 Å². The molecule has 4 rings (SSSR count). The first-order valence-electron chi connectivity index (χ1n) is 11.6. The van der Waals surface area contributed by atoms with Gasteiger partial charge in [-0.05, 0) is 55.0 Å². The molecule has 1 aliphatic carbocycles. The molecule has 0 saturated carbocycles. The number of rotatable bonds is 9. The van der Waals surface area contributed by atoms with E-state index in [0.717, 1.165) is 35.4 Å². The zero-order valence-electron chi connectivity index (χ0n) is 20.8. The zero-order chi connectivity index (χ0) is 24.9. The number of nitrogens with one attached hydrogen (secondary N) is 2. The average molecular weight is 497 g/mol. The van der Waals surface area contributed by atoms with Gasteiger partial charge in [0.15, 0.2) is 11.5 Å². The molecular weight excluding hydrogens is 464 g/mol. The molecule has 186 valence electrons. The fourth-order valence-corrected chi connectivity index (χ4v) is 5.93. The highest BCUT2D eigenvalue weighted by molar-refractivity contribution is 7.16. The predicted molar refractivity (Wildman–Crippen MR) is 140 cm³/mol. The van der Waals surface area contributed by atoms with Gasteiger partial charge < -0.3 is 29.6 Å². The van der Waals surface area contributed by atoms with Crippen molar-refractivity contribution in [2.24, 2.45) is 5.92 Å². The van der Waals surface area contributed by atoms with Crippen LogP contribution in [0.2, 0.25) is 0 Å². The molecule has 7 nitrogen and oxygen atoms in total. The molecule has 2 N–H and O–H groups in total. The van der Waals surface area contributed by atoms with Crippen LogP contribution in [0, 0.1) is 5.92 Å². The van der Waals surface area contributed by atoms with Crippen LogP contribution in [0.15, 0.2) is 36.4 Å². The van der Waals surface area contributed by atoms with Crippen molar-refractivity contribution in [3.8, 4) is 23.0 Å². The number of anilines is 2. The van der Waals surface area contributed by atoms with Gasteiger partial charge in [0, 0.05) is 17.0 Å². The standard InChI is InChI=1S/C27H32N2O5S/c1-16-10-12-18-22(14-16)35-27(23(18)26(30)29-19-8-6-7-9-20(19)31-2)28-15-17-11-13-21(32-3)25(34-5)24(17)33-4/h6-9,11,13,16,28H,10,12,14-15H2,1-5H3,(H,29,30). The normalized spacial score (nSPS) is 14.6. The number of ether oxygens (including phenoxy) is 4. The molecule has 0 radical (unpaired) electrons. The Balaban J connectivity index is 1.66. The summed E-state index contributed by atoms with van der Waals surface area (Å²) in [6.45, 7) is 2.73. The summed E-state index contributed by atoms with van der Waals surface area (Å²) in [5.74, 6) is 2.85. The highest BCUT2D eigenvalue weighted by atomic mass is 32.1. The Morgan fingerprint density at radius 1 is 0.971 bits per heavy atom. The second-order valence-corrected chi connectivity index (χ2v) is 9.66. The van der Waals surface area contributed by atoms with Gasteiger partial charge in [-0.25, -0.2) is 0 Å². The van der Waals surface area contributed by atoms with Gasteiger partial charge >= 0.3 is 0 Å². The van der Waals surface area contributed by atoms with Gasteiger partial charge in [0.05, 0.1) is 39.7 Å². The maximum Gasteiger partial charge on any atom is 0.259 e. The van der Waals surface area contributed by atoms with Crippen LogP contribution in [0.1, 0.15) is 39.7 Å². The van der Waals surface area contributed by atoms with Gasteiger partial charge in [0.2, 0.25) is 5.75 Å². The first kappa shape index (κ1) is 24.7. The Morgan fingerprint density at radius 2 is 1.71 bits per heavy atom. The first-order valence-corrected chi connectivity index (χ1v) is 12.4. The molecule has 0 saturated heterocycles. The van der Waals surface area contributed by atoms with E-state index in [9.17, 15) is 4.79 Å². The Morgan fingerprint density at radius 3 is 2.43 bits per heavy atom. The molecule has 1 heterocycles. The molecule has 3 aromatic rings. The van der Waals surface area contributed by atoms with Crippen molar-refractivity contribution < 1.29 is 23.7 Å². The maximum atomic E-state index is 13.6. The molecular formula is C27H32N2O5S. The highest BCUT2D eigenvalue weighted by Gasteiger charge is 2.28. The predicted octanol–water partition coefficient (Wildman–Crippen LogP) is 5.77. The quantitative estimate of drug-likeness (QED) is 0.392. The van der Waals surface area contributed by atoms with Crippen molar-refractivity contribution in [2.75, 3.05) is 39.1 Å². The molecule has 1 aliphatic rings. The Kier molecular flexibility index (Phi) is 7.70. The number of fused-ring (bicyclic) bond motifs is 1. The average Bonchev–Trinajstić information content (AvgIpc) is 3.24. The monoisotopic (exact) mass is 496 g/mol. The molecule has 1 unspecified atom stereocenters. The number of methoxy groups -OCH3 is 4. The summed E-state index contributed by atoms with van der Waals surface area (Å²) in [6.07, 6.45) is 2.95. The van der Waals surface area contributed by atoms with Crippen LogP contribution in [0.25, 0.3) is 0 Å². The van der Waals surface area contributed by atoms with Gasteiger partial charge in [0.1, 0.15) is 10.8 Å². The second-order valence-electron chi connectivity index (χ2n) is 8.56. The van der Waals surface area contributed by atoms with Crippen LogP contribution >= 0.6 is 11.3 Å². The van der Waals surface area contributed by atoms with Crippen molar-refractivity contribution >= 4 is 27.9 Å². The summed E-state index contributed by atoms with van der Waals surface area (Å²) >= 11 is 1.66. The summed E-state index contributed by atoms with van der Waals surface area (Å²) in [5.41, 5.74) is 3.40. The van der Waals surface area contributed by atoms with Crippen LogP contribution in [0.4, 0.5) is 10.7 Å². The largest absolute Gasteiger partial charge is 0.495 e. The minimum absolute atomic E-state index is 0.136. The lowest BCUT2D eigenvalue weighted by atomic mass is 9.88. The third-order valence-corrected chi connectivity index (χ3v) is 7.53. The molecule has 8 heteroatoms. The Hall–Kier alpha value is -3.39. The van der Waals surface area contributed by atoms with Crippen molar-refractivity contribution in [3.63, 3.8) is 0 Å². The number of hydrogen-bond donors (Lipinski definition) is 2. The third-order valence-electron chi connectivity index (χ3n) is 6.32. The number of carbonyl (C=O) groups excluding carboxylic acids is 1. The molecule has 1 aromatic heterocycles. The van der Waals surface area contributed by atoms with E-state index in [0.29, 0.717) is 46.7 Å². The van der Waals surface area contributed by atoms with Gasteiger partial charge in [-0.15, -0.1) is 11.3 Å². The number of para-hydroxylation sites is 2. The van der Waals surface area contributed by atoms with Crippen LogP contribution in [-0.2, 0) is 19.4 Å². The minimum Gasteiger partial charge on any atom is -0.495 e. The van der Waals surface area contributed by atoms with E-state index in [4.69, 9.17) is 18.9 Å². The van der Waals surface area contributed by atoms with Gasteiger partial charge in [-0.3, -0.25) is 4.79 Å². The number of hydrogen-bond acceptors (Lipinski definition) is 7. The first-order chi connectivity index (χ1) is 17.0. The number of carbonyl (C=O) groups is 1. The summed E-state index contributed by atoms with van der Waals surface area (Å²) in [4.78, 5) is 14.8. The van der Waals surface area contributed by atoms with E-state index in [2.05, 4.69) is 17.6 Å². The van der Waals surface area contributed by atoms with Gasteiger partial charge in [0.25, 0.3) is 5.91 Å². The van der Waals surface area contributed by atoms with E-state index in [1.54, 1.807) is 39.8 Å². The second kappa shape index (κ2) is 10.9. The van der Waals surface area contributed by atoms with Crippen molar-refractivity contribution in [1.82, 2.24) is 0 Å². The molecule has 0 fully saturated rings. The molecule has 1 amide bonds. The van der Waals surface area contributed by atoms with E-state index < -0.39 is 0 Å². The SMILES string of the molecule is COc1ccccc1NC(=O)c1c(NCc2ccc(OC)c(OC)c2OC)sc2c1CCC(C)C2. The molecule has 35 heavy (non-hydrogen) atoms. The molecule has 2 aromatic carbocycles. The smallest absolute Gasteiger partial charge is 0.259 e. The third kappa shape index (κ3) is 5.03. The summed E-state index contributed by atoms with van der Waals surface area (Å²) < 4.78 is 22.0. The van der Waals surface area contributed by atoms with E-state index >= 15 is 0 Å². The Labute approximate surface area is 210 Å². The lowest BCUT2D eigenvalue weighted by Crippen LogP contribution is -2.18. The van der Waals surface area contributed by atoms with Crippen LogP contribution < -0.4 is 29.6 Å². The summed E-state index contributed by atoms with van der Waals surface area (Å²) in [7, 11) is 6.39. The van der Waals surface area contributed by atoms with E-state index in [1.165, 1.54) is 4.88 Å². The minimum atomic E-state index is -0.136. The molecule has 0 bridgehead atoms.